The highest BCUT2D eigenvalue weighted by Crippen LogP contribution is 2.09. The average Bonchev–Trinajstić information content (AvgIpc) is 2.96. The summed E-state index contributed by atoms with van der Waals surface area (Å²) in [5, 5.41) is 16.8. The Kier molecular flexibility index (Phi) is 3.23. The summed E-state index contributed by atoms with van der Waals surface area (Å²) < 4.78 is 3.40. The van der Waals surface area contributed by atoms with Gasteiger partial charge in [0.2, 0.25) is 0 Å². The SMILES string of the molecule is O=C(O)c1cn(CCn2ccc(=O)c3ccccc32)nn1. The van der Waals surface area contributed by atoms with Gasteiger partial charge >= 0.3 is 5.97 Å². The summed E-state index contributed by atoms with van der Waals surface area (Å²) in [5.41, 5.74) is 0.735. The third-order valence-electron chi connectivity index (χ3n) is 3.21. The third kappa shape index (κ3) is 2.53. The molecule has 0 amide bonds. The molecular formula is C14H12N4O3. The van der Waals surface area contributed by atoms with Crippen molar-refractivity contribution in [1.82, 2.24) is 19.6 Å². The average molecular weight is 284 g/mol. The van der Waals surface area contributed by atoms with E-state index in [-0.39, 0.29) is 11.1 Å². The first-order chi connectivity index (χ1) is 10.1. The molecule has 0 unspecified atom stereocenters. The van der Waals surface area contributed by atoms with Crippen molar-refractivity contribution in [2.24, 2.45) is 0 Å². The predicted molar refractivity (Wildman–Crippen MR) is 75.2 cm³/mol. The molecule has 7 heteroatoms. The van der Waals surface area contributed by atoms with E-state index in [4.69, 9.17) is 5.11 Å². The second kappa shape index (κ2) is 5.20. The lowest BCUT2D eigenvalue weighted by atomic mass is 10.2. The van der Waals surface area contributed by atoms with Crippen LogP contribution in [0.15, 0.2) is 47.5 Å². The quantitative estimate of drug-likeness (QED) is 0.771. The molecule has 0 aliphatic rings. The normalized spacial score (nSPS) is 10.9. The fraction of sp³-hybridized carbons (Fsp3) is 0.143. The third-order valence-corrected chi connectivity index (χ3v) is 3.21. The van der Waals surface area contributed by atoms with Gasteiger partial charge in [0.1, 0.15) is 0 Å². The molecule has 0 aliphatic heterocycles. The molecule has 2 heterocycles. The highest BCUT2D eigenvalue weighted by Gasteiger charge is 2.08. The zero-order valence-corrected chi connectivity index (χ0v) is 11.0. The Morgan fingerprint density at radius 3 is 2.76 bits per heavy atom. The molecule has 1 aromatic carbocycles. The first kappa shape index (κ1) is 13.0. The van der Waals surface area contributed by atoms with E-state index in [0.717, 1.165) is 5.52 Å². The minimum Gasteiger partial charge on any atom is -0.476 e. The Bertz CT molecular complexity index is 866. The zero-order valence-electron chi connectivity index (χ0n) is 11.0. The largest absolute Gasteiger partial charge is 0.476 e. The zero-order chi connectivity index (χ0) is 14.8. The van der Waals surface area contributed by atoms with Crippen molar-refractivity contribution in [3.8, 4) is 0 Å². The van der Waals surface area contributed by atoms with Crippen LogP contribution in [0.25, 0.3) is 10.9 Å². The van der Waals surface area contributed by atoms with Gasteiger partial charge < -0.3 is 9.67 Å². The number of nitrogens with zero attached hydrogens (tertiary/aromatic N) is 4. The first-order valence-corrected chi connectivity index (χ1v) is 6.37. The van der Waals surface area contributed by atoms with Crippen molar-refractivity contribution >= 4 is 16.9 Å². The standard InChI is InChI=1S/C14H12N4O3/c19-13-5-6-17(12-4-2-1-3-10(12)13)7-8-18-9-11(14(20)21)15-16-18/h1-6,9H,7-8H2,(H,20,21). The Morgan fingerprint density at radius 1 is 1.19 bits per heavy atom. The van der Waals surface area contributed by atoms with Crippen LogP contribution in [-0.2, 0) is 13.1 Å². The van der Waals surface area contributed by atoms with Gasteiger partial charge in [-0.1, -0.05) is 17.3 Å². The lowest BCUT2D eigenvalue weighted by molar-refractivity contribution is 0.0690. The van der Waals surface area contributed by atoms with Gasteiger partial charge in [-0.05, 0) is 12.1 Å². The summed E-state index contributed by atoms with van der Waals surface area (Å²) in [6, 6.07) is 8.88. The van der Waals surface area contributed by atoms with Crippen molar-refractivity contribution in [3.63, 3.8) is 0 Å². The number of rotatable bonds is 4. The first-order valence-electron chi connectivity index (χ1n) is 6.37. The van der Waals surface area contributed by atoms with E-state index in [0.29, 0.717) is 18.5 Å². The van der Waals surface area contributed by atoms with Crippen molar-refractivity contribution in [2.45, 2.75) is 13.1 Å². The number of carboxylic acid groups (broad SMARTS) is 1. The number of carbonyl (C=O) groups is 1. The molecule has 1 N–H and O–H groups in total. The molecule has 3 aromatic rings. The molecule has 0 saturated heterocycles. The van der Waals surface area contributed by atoms with Gasteiger partial charge in [-0.15, -0.1) is 5.10 Å². The van der Waals surface area contributed by atoms with Crippen molar-refractivity contribution in [3.05, 3.63) is 58.6 Å². The van der Waals surface area contributed by atoms with E-state index in [1.807, 2.05) is 22.8 Å². The minimum absolute atomic E-state index is 0.0178. The van der Waals surface area contributed by atoms with Crippen LogP contribution in [0.3, 0.4) is 0 Å². The number of pyridine rings is 1. The molecule has 106 valence electrons. The minimum atomic E-state index is -1.10. The molecule has 0 aliphatic carbocycles. The second-order valence-electron chi connectivity index (χ2n) is 4.56. The smallest absolute Gasteiger partial charge is 0.358 e. The monoisotopic (exact) mass is 284 g/mol. The van der Waals surface area contributed by atoms with E-state index in [9.17, 15) is 9.59 Å². The number of hydrogen-bond acceptors (Lipinski definition) is 4. The van der Waals surface area contributed by atoms with Crippen LogP contribution in [0.5, 0.6) is 0 Å². The number of carboxylic acids is 1. The highest BCUT2D eigenvalue weighted by molar-refractivity contribution is 5.84. The fourth-order valence-corrected chi connectivity index (χ4v) is 2.17. The number of para-hydroxylation sites is 1. The summed E-state index contributed by atoms with van der Waals surface area (Å²) in [6.45, 7) is 1.02. The Morgan fingerprint density at radius 2 is 2.00 bits per heavy atom. The van der Waals surface area contributed by atoms with Gasteiger partial charge in [0.25, 0.3) is 0 Å². The molecule has 0 fully saturated rings. The number of aromatic nitrogens is 4. The maximum absolute atomic E-state index is 11.8. The van der Waals surface area contributed by atoms with Gasteiger partial charge in [-0.3, -0.25) is 4.79 Å². The van der Waals surface area contributed by atoms with E-state index in [2.05, 4.69) is 10.3 Å². The van der Waals surface area contributed by atoms with Crippen LogP contribution < -0.4 is 5.43 Å². The summed E-state index contributed by atoms with van der Waals surface area (Å²) in [5.74, 6) is -1.10. The van der Waals surface area contributed by atoms with Gasteiger partial charge in [0.05, 0.1) is 18.3 Å². The molecule has 0 bridgehead atoms. The van der Waals surface area contributed by atoms with Crippen LogP contribution in [0.4, 0.5) is 0 Å². The topological polar surface area (TPSA) is 90.0 Å². The van der Waals surface area contributed by atoms with Crippen LogP contribution in [0, 0.1) is 0 Å². The molecule has 0 saturated carbocycles. The summed E-state index contributed by atoms with van der Waals surface area (Å²) in [4.78, 5) is 22.5. The fourth-order valence-electron chi connectivity index (χ4n) is 2.17. The Balaban J connectivity index is 1.86. The van der Waals surface area contributed by atoms with Crippen molar-refractivity contribution < 1.29 is 9.90 Å². The molecule has 0 radical (unpaired) electrons. The van der Waals surface area contributed by atoms with E-state index in [1.165, 1.54) is 16.9 Å². The van der Waals surface area contributed by atoms with Gasteiger partial charge in [-0.2, -0.15) is 0 Å². The van der Waals surface area contributed by atoms with Crippen LogP contribution in [0.2, 0.25) is 0 Å². The van der Waals surface area contributed by atoms with Gasteiger partial charge in [-0.25, -0.2) is 9.48 Å². The Labute approximate surface area is 119 Å². The van der Waals surface area contributed by atoms with E-state index < -0.39 is 5.97 Å². The van der Waals surface area contributed by atoms with E-state index in [1.54, 1.807) is 12.3 Å². The number of aryl methyl sites for hydroxylation is 2. The molecule has 21 heavy (non-hydrogen) atoms. The number of fused-ring (bicyclic) bond motifs is 1. The van der Waals surface area contributed by atoms with Gasteiger partial charge in [0, 0.05) is 24.2 Å². The second-order valence-corrected chi connectivity index (χ2v) is 4.56. The van der Waals surface area contributed by atoms with Crippen LogP contribution in [0.1, 0.15) is 10.5 Å². The number of hydrogen-bond donors (Lipinski definition) is 1. The summed E-state index contributed by atoms with van der Waals surface area (Å²) in [7, 11) is 0. The maximum atomic E-state index is 11.8. The predicted octanol–water partition coefficient (Wildman–Crippen LogP) is 0.991. The molecular weight excluding hydrogens is 272 g/mol. The van der Waals surface area contributed by atoms with Gasteiger partial charge in [0.15, 0.2) is 11.1 Å². The van der Waals surface area contributed by atoms with Crippen LogP contribution >= 0.6 is 0 Å². The highest BCUT2D eigenvalue weighted by atomic mass is 16.4. The molecule has 0 atom stereocenters. The maximum Gasteiger partial charge on any atom is 0.358 e. The number of benzene rings is 1. The molecule has 2 aromatic heterocycles. The van der Waals surface area contributed by atoms with Crippen LogP contribution in [-0.4, -0.2) is 30.6 Å². The molecule has 7 nitrogen and oxygen atoms in total. The molecule has 3 rings (SSSR count). The molecule has 0 spiro atoms. The number of aromatic carboxylic acids is 1. The Hall–Kier alpha value is -2.96. The lowest BCUT2D eigenvalue weighted by Crippen LogP contribution is -2.12. The van der Waals surface area contributed by atoms with Crippen molar-refractivity contribution in [2.75, 3.05) is 0 Å². The summed E-state index contributed by atoms with van der Waals surface area (Å²) in [6.07, 6.45) is 3.10. The summed E-state index contributed by atoms with van der Waals surface area (Å²) >= 11 is 0. The van der Waals surface area contributed by atoms with Crippen molar-refractivity contribution in [1.29, 1.82) is 0 Å². The van der Waals surface area contributed by atoms with E-state index >= 15 is 0 Å². The lowest BCUT2D eigenvalue weighted by Gasteiger charge is -2.10.